The molecule has 2 amide bonds. The number of carbonyl (C=O) groups is 3. The fourth-order valence-corrected chi connectivity index (χ4v) is 3.28. The largest absolute Gasteiger partial charge is 0.493 e. The number of hydrogen-bond donors (Lipinski definition) is 2. The lowest BCUT2D eigenvalue weighted by molar-refractivity contribution is -0.136. The standard InChI is InChI=1S/C24H19BrClN3O5/c1-14-6-8-18(12-19(14)26)28-22(30)23(31)29-27-13-15-7-9-20(21(10-15)33-2)34-24(32)16-4-3-5-17(25)11-16/h3-13H,1-2H3,(H,28,30)(H,29,31)/b27-13+. The number of amides is 2. The average molecular weight is 545 g/mol. The zero-order valence-electron chi connectivity index (χ0n) is 18.1. The Morgan fingerprint density at radius 3 is 2.50 bits per heavy atom. The zero-order chi connectivity index (χ0) is 24.7. The molecule has 0 saturated heterocycles. The van der Waals surface area contributed by atoms with E-state index in [0.717, 1.165) is 10.0 Å². The molecule has 0 aliphatic carbocycles. The van der Waals surface area contributed by atoms with E-state index in [2.05, 4.69) is 31.8 Å². The summed E-state index contributed by atoms with van der Waals surface area (Å²) < 4.78 is 11.5. The number of ether oxygens (including phenoxy) is 2. The highest BCUT2D eigenvalue weighted by Crippen LogP contribution is 2.28. The number of hydrazone groups is 1. The Balaban J connectivity index is 1.61. The monoisotopic (exact) mass is 543 g/mol. The molecular weight excluding hydrogens is 526 g/mol. The Kier molecular flexibility index (Phi) is 8.39. The molecule has 8 nitrogen and oxygen atoms in total. The third-order valence-electron chi connectivity index (χ3n) is 4.47. The molecule has 0 spiro atoms. The van der Waals surface area contributed by atoms with Crippen LogP contribution >= 0.6 is 27.5 Å². The third kappa shape index (κ3) is 6.66. The lowest BCUT2D eigenvalue weighted by Crippen LogP contribution is -2.32. The highest BCUT2D eigenvalue weighted by atomic mass is 79.9. The van der Waals surface area contributed by atoms with Crippen LogP contribution < -0.4 is 20.2 Å². The van der Waals surface area contributed by atoms with Crippen LogP contribution in [0.4, 0.5) is 5.69 Å². The number of benzene rings is 3. The summed E-state index contributed by atoms with van der Waals surface area (Å²) in [6, 6.07) is 16.4. The molecule has 0 saturated carbocycles. The molecule has 0 radical (unpaired) electrons. The molecule has 0 aliphatic heterocycles. The molecule has 0 fully saturated rings. The molecule has 174 valence electrons. The van der Waals surface area contributed by atoms with Crippen LogP contribution in [0.1, 0.15) is 21.5 Å². The first-order chi connectivity index (χ1) is 16.3. The van der Waals surface area contributed by atoms with Gasteiger partial charge in [0.05, 0.1) is 18.9 Å². The van der Waals surface area contributed by atoms with Crippen molar-refractivity contribution in [3.8, 4) is 11.5 Å². The number of aryl methyl sites for hydroxylation is 1. The number of hydrogen-bond acceptors (Lipinski definition) is 6. The predicted octanol–water partition coefficient (Wildman–Crippen LogP) is 4.73. The van der Waals surface area contributed by atoms with Crippen molar-refractivity contribution in [3.63, 3.8) is 0 Å². The van der Waals surface area contributed by atoms with Crippen molar-refractivity contribution in [2.45, 2.75) is 6.92 Å². The number of nitrogens with one attached hydrogen (secondary N) is 2. The van der Waals surface area contributed by atoms with Gasteiger partial charge in [-0.1, -0.05) is 39.7 Å². The predicted molar refractivity (Wildman–Crippen MR) is 133 cm³/mol. The maximum Gasteiger partial charge on any atom is 0.343 e. The van der Waals surface area contributed by atoms with Crippen molar-refractivity contribution in [2.24, 2.45) is 5.10 Å². The van der Waals surface area contributed by atoms with E-state index < -0.39 is 17.8 Å². The zero-order valence-corrected chi connectivity index (χ0v) is 20.4. The van der Waals surface area contributed by atoms with Gasteiger partial charge in [0.15, 0.2) is 11.5 Å². The summed E-state index contributed by atoms with van der Waals surface area (Å²) in [6.07, 6.45) is 1.32. The Labute approximate surface area is 209 Å². The van der Waals surface area contributed by atoms with Crippen LogP contribution in [0.5, 0.6) is 11.5 Å². The normalized spacial score (nSPS) is 10.6. The minimum atomic E-state index is -0.959. The maximum absolute atomic E-state index is 12.4. The third-order valence-corrected chi connectivity index (χ3v) is 5.37. The summed E-state index contributed by atoms with van der Waals surface area (Å²) >= 11 is 9.33. The quantitative estimate of drug-likeness (QED) is 0.153. The van der Waals surface area contributed by atoms with Gasteiger partial charge in [-0.05, 0) is 66.6 Å². The second-order valence-corrected chi connectivity index (χ2v) is 8.25. The van der Waals surface area contributed by atoms with Gasteiger partial charge in [-0.15, -0.1) is 0 Å². The van der Waals surface area contributed by atoms with Gasteiger partial charge in [0.2, 0.25) is 0 Å². The van der Waals surface area contributed by atoms with E-state index >= 15 is 0 Å². The van der Waals surface area contributed by atoms with E-state index in [1.165, 1.54) is 19.4 Å². The van der Waals surface area contributed by atoms with E-state index in [1.807, 2.05) is 6.92 Å². The van der Waals surface area contributed by atoms with E-state index in [9.17, 15) is 14.4 Å². The van der Waals surface area contributed by atoms with E-state index in [-0.39, 0.29) is 11.5 Å². The van der Waals surface area contributed by atoms with Gasteiger partial charge in [-0.2, -0.15) is 5.10 Å². The Bertz CT molecular complexity index is 1280. The van der Waals surface area contributed by atoms with E-state index in [1.54, 1.807) is 54.6 Å². The lowest BCUT2D eigenvalue weighted by atomic mass is 10.2. The molecule has 3 rings (SSSR count). The van der Waals surface area contributed by atoms with Crippen molar-refractivity contribution in [3.05, 3.63) is 86.8 Å². The Morgan fingerprint density at radius 1 is 1.00 bits per heavy atom. The number of anilines is 1. The SMILES string of the molecule is COc1cc(/C=N/NC(=O)C(=O)Nc2ccc(C)c(Cl)c2)ccc1OC(=O)c1cccc(Br)c1. The first-order valence-electron chi connectivity index (χ1n) is 9.83. The molecule has 0 bridgehead atoms. The van der Waals surface area contributed by atoms with Crippen molar-refractivity contribution in [1.29, 1.82) is 0 Å². The fraction of sp³-hybridized carbons (Fsp3) is 0.0833. The molecule has 0 heterocycles. The van der Waals surface area contributed by atoms with Crippen LogP contribution in [0.2, 0.25) is 5.02 Å². The molecule has 34 heavy (non-hydrogen) atoms. The first-order valence-corrected chi connectivity index (χ1v) is 11.0. The van der Waals surface area contributed by atoms with Gasteiger partial charge in [0.25, 0.3) is 0 Å². The number of esters is 1. The Hall–Kier alpha value is -3.69. The van der Waals surface area contributed by atoms with E-state index in [0.29, 0.717) is 21.8 Å². The van der Waals surface area contributed by atoms with Crippen molar-refractivity contribution >= 4 is 57.2 Å². The average Bonchev–Trinajstić information content (AvgIpc) is 2.82. The van der Waals surface area contributed by atoms with E-state index in [4.69, 9.17) is 21.1 Å². The van der Waals surface area contributed by atoms with Gasteiger partial charge >= 0.3 is 17.8 Å². The molecule has 0 aliphatic rings. The summed E-state index contributed by atoms with van der Waals surface area (Å²) in [5.74, 6) is -1.91. The van der Waals surface area contributed by atoms with Crippen LogP contribution in [-0.4, -0.2) is 31.1 Å². The number of halogens is 2. The smallest absolute Gasteiger partial charge is 0.343 e. The Morgan fingerprint density at radius 2 is 1.79 bits per heavy atom. The van der Waals surface area contributed by atoms with Gasteiger partial charge in [0.1, 0.15) is 0 Å². The van der Waals surface area contributed by atoms with Gasteiger partial charge in [0, 0.05) is 15.2 Å². The van der Waals surface area contributed by atoms with Crippen molar-refractivity contribution in [1.82, 2.24) is 5.43 Å². The number of nitrogens with zero attached hydrogens (tertiary/aromatic N) is 1. The van der Waals surface area contributed by atoms with Crippen LogP contribution in [-0.2, 0) is 9.59 Å². The van der Waals surface area contributed by atoms with Crippen LogP contribution in [0, 0.1) is 6.92 Å². The number of rotatable bonds is 6. The molecule has 0 aromatic heterocycles. The van der Waals surface area contributed by atoms with Crippen LogP contribution in [0.25, 0.3) is 0 Å². The fourth-order valence-electron chi connectivity index (χ4n) is 2.70. The molecule has 2 N–H and O–H groups in total. The highest BCUT2D eigenvalue weighted by molar-refractivity contribution is 9.10. The summed E-state index contributed by atoms with van der Waals surface area (Å²) in [4.78, 5) is 36.4. The van der Waals surface area contributed by atoms with Crippen molar-refractivity contribution < 1.29 is 23.9 Å². The van der Waals surface area contributed by atoms with Crippen molar-refractivity contribution in [2.75, 3.05) is 12.4 Å². The highest BCUT2D eigenvalue weighted by Gasteiger charge is 2.15. The maximum atomic E-state index is 12.4. The molecule has 10 heteroatoms. The van der Waals surface area contributed by atoms with Gasteiger partial charge in [-0.25, -0.2) is 10.2 Å². The summed E-state index contributed by atoms with van der Waals surface area (Å²) in [5, 5.41) is 6.69. The molecule has 3 aromatic rings. The first kappa shape index (κ1) is 24.9. The minimum Gasteiger partial charge on any atom is -0.493 e. The second-order valence-electron chi connectivity index (χ2n) is 6.93. The molecule has 0 atom stereocenters. The molecule has 0 unspecified atom stereocenters. The number of carbonyl (C=O) groups excluding carboxylic acids is 3. The summed E-state index contributed by atoms with van der Waals surface area (Å²) in [5.41, 5.74) is 4.28. The van der Waals surface area contributed by atoms with Crippen LogP contribution in [0.15, 0.2) is 70.2 Å². The van der Waals surface area contributed by atoms with Gasteiger partial charge in [-0.3, -0.25) is 9.59 Å². The molecular formula is C24H19BrClN3O5. The number of methoxy groups -OCH3 is 1. The summed E-state index contributed by atoms with van der Waals surface area (Å²) in [6.45, 7) is 1.82. The summed E-state index contributed by atoms with van der Waals surface area (Å²) in [7, 11) is 1.43. The topological polar surface area (TPSA) is 106 Å². The lowest BCUT2D eigenvalue weighted by Gasteiger charge is -2.10. The van der Waals surface area contributed by atoms with Gasteiger partial charge < -0.3 is 14.8 Å². The second kappa shape index (κ2) is 11.4. The minimum absolute atomic E-state index is 0.213. The van der Waals surface area contributed by atoms with Crippen LogP contribution in [0.3, 0.4) is 0 Å². The molecule has 3 aromatic carbocycles.